The van der Waals surface area contributed by atoms with Gasteiger partial charge in [0.2, 0.25) is 0 Å². The molecule has 9 N–H and O–H groups in total. The fourth-order valence-electron chi connectivity index (χ4n) is 3.19. The summed E-state index contributed by atoms with van der Waals surface area (Å²) >= 11 is 0. The van der Waals surface area contributed by atoms with Crippen molar-refractivity contribution in [2.24, 2.45) is 11.5 Å². The van der Waals surface area contributed by atoms with Crippen molar-refractivity contribution >= 4 is 0 Å². The summed E-state index contributed by atoms with van der Waals surface area (Å²) in [4.78, 5) is 0. The molecule has 1 aliphatic heterocycles. The second-order valence-corrected chi connectivity index (χ2v) is 6.44. The number of nitrogens with two attached hydrogens (primary N) is 2. The molecule has 0 amide bonds. The molecular weight excluding hydrogens is 294 g/mol. The minimum absolute atomic E-state index is 0.0552. The van der Waals surface area contributed by atoms with Gasteiger partial charge in [-0.15, -0.1) is 0 Å². The summed E-state index contributed by atoms with van der Waals surface area (Å²) in [5.74, 6) is 0. The van der Waals surface area contributed by atoms with Crippen LogP contribution in [0.1, 0.15) is 13.3 Å². The lowest BCUT2D eigenvalue weighted by molar-refractivity contribution is -0.296. The first-order chi connectivity index (χ1) is 10.2. The standard InChI is InChI=1S/C13H27N3O6/c1-13(20)4-21-12(9(19)11(13)16-2)22-10-6(15)3-5(14)7(17)8(10)18/h5-12,16-20H,3-4,14-15H2,1-2H3/t5-,6+,7+,8-,9+,10+,11-,12+,13-/m0/s1. The largest absolute Gasteiger partial charge is 0.389 e. The van der Waals surface area contributed by atoms with Gasteiger partial charge in [-0.25, -0.2) is 0 Å². The van der Waals surface area contributed by atoms with E-state index in [1.165, 1.54) is 6.92 Å². The Morgan fingerprint density at radius 2 is 1.77 bits per heavy atom. The average molecular weight is 321 g/mol. The van der Waals surface area contributed by atoms with Crippen LogP contribution in [-0.2, 0) is 9.47 Å². The van der Waals surface area contributed by atoms with Crippen LogP contribution in [0.2, 0.25) is 0 Å². The molecule has 1 saturated heterocycles. The van der Waals surface area contributed by atoms with Gasteiger partial charge >= 0.3 is 0 Å². The average Bonchev–Trinajstić information content (AvgIpc) is 2.43. The number of aliphatic hydroxyl groups is 4. The molecule has 2 fully saturated rings. The molecule has 0 bridgehead atoms. The highest BCUT2D eigenvalue weighted by atomic mass is 16.7. The molecule has 0 aromatic heterocycles. The van der Waals surface area contributed by atoms with E-state index in [1.54, 1.807) is 7.05 Å². The molecule has 2 rings (SSSR count). The molecule has 0 aromatic carbocycles. The molecule has 1 heterocycles. The van der Waals surface area contributed by atoms with E-state index in [4.69, 9.17) is 20.9 Å². The molecule has 9 heteroatoms. The van der Waals surface area contributed by atoms with E-state index in [9.17, 15) is 20.4 Å². The van der Waals surface area contributed by atoms with Crippen LogP contribution in [0.3, 0.4) is 0 Å². The van der Waals surface area contributed by atoms with Crippen molar-refractivity contribution in [3.63, 3.8) is 0 Å². The SMILES string of the molecule is CN[C@H]1[C@@H](O)[C@@H](O[C@H]2[C@@H](O)[C@H](O)[C@@H](N)C[C@H]2N)OC[C@]1(C)O. The van der Waals surface area contributed by atoms with E-state index in [-0.39, 0.29) is 13.0 Å². The van der Waals surface area contributed by atoms with E-state index >= 15 is 0 Å². The number of ether oxygens (including phenoxy) is 2. The summed E-state index contributed by atoms with van der Waals surface area (Å²) in [5.41, 5.74) is 10.4. The fraction of sp³-hybridized carbons (Fsp3) is 1.00. The van der Waals surface area contributed by atoms with Gasteiger partial charge in [0.1, 0.15) is 23.9 Å². The monoisotopic (exact) mass is 321 g/mol. The van der Waals surface area contributed by atoms with Crippen LogP contribution in [-0.4, -0.2) is 88.5 Å². The Bertz CT molecular complexity index is 385. The first kappa shape index (κ1) is 18.0. The Morgan fingerprint density at radius 1 is 1.14 bits per heavy atom. The molecule has 22 heavy (non-hydrogen) atoms. The highest BCUT2D eigenvalue weighted by Crippen LogP contribution is 2.28. The van der Waals surface area contributed by atoms with Crippen LogP contribution in [0.15, 0.2) is 0 Å². The lowest BCUT2D eigenvalue weighted by atomic mass is 9.84. The summed E-state index contributed by atoms with van der Waals surface area (Å²) in [5, 5.41) is 43.2. The second-order valence-electron chi connectivity index (χ2n) is 6.44. The van der Waals surface area contributed by atoms with Crippen molar-refractivity contribution in [1.82, 2.24) is 5.32 Å². The van der Waals surface area contributed by atoms with Crippen molar-refractivity contribution in [2.75, 3.05) is 13.7 Å². The molecule has 0 unspecified atom stereocenters. The van der Waals surface area contributed by atoms with Crippen LogP contribution in [0, 0.1) is 0 Å². The Kier molecular flexibility index (Phi) is 5.42. The minimum Gasteiger partial charge on any atom is -0.389 e. The Labute approximate surface area is 129 Å². The number of aliphatic hydroxyl groups excluding tert-OH is 3. The van der Waals surface area contributed by atoms with Crippen LogP contribution in [0.4, 0.5) is 0 Å². The molecular formula is C13H27N3O6. The van der Waals surface area contributed by atoms with Gasteiger partial charge in [-0.1, -0.05) is 0 Å². The van der Waals surface area contributed by atoms with Crippen molar-refractivity contribution in [1.29, 1.82) is 0 Å². The number of likely N-dealkylation sites (N-methyl/N-ethyl adjacent to an activating group) is 1. The Morgan fingerprint density at radius 3 is 2.36 bits per heavy atom. The number of nitrogens with one attached hydrogen (secondary N) is 1. The van der Waals surface area contributed by atoms with Gasteiger partial charge in [-0.3, -0.25) is 0 Å². The molecule has 1 saturated carbocycles. The molecule has 9 atom stereocenters. The van der Waals surface area contributed by atoms with E-state index in [0.717, 1.165) is 0 Å². The highest BCUT2D eigenvalue weighted by molar-refractivity contribution is 5.00. The molecule has 130 valence electrons. The van der Waals surface area contributed by atoms with Crippen molar-refractivity contribution in [3.8, 4) is 0 Å². The van der Waals surface area contributed by atoms with Gasteiger partial charge in [0, 0.05) is 12.1 Å². The fourth-order valence-corrected chi connectivity index (χ4v) is 3.19. The maximum atomic E-state index is 10.3. The predicted octanol–water partition coefficient (Wildman–Crippen LogP) is -3.79. The van der Waals surface area contributed by atoms with Crippen molar-refractivity contribution < 1.29 is 29.9 Å². The Balaban J connectivity index is 2.07. The van der Waals surface area contributed by atoms with E-state index in [0.29, 0.717) is 0 Å². The maximum absolute atomic E-state index is 10.3. The van der Waals surface area contributed by atoms with Gasteiger partial charge in [0.25, 0.3) is 0 Å². The van der Waals surface area contributed by atoms with Gasteiger partial charge < -0.3 is 46.7 Å². The number of hydrogen-bond donors (Lipinski definition) is 7. The smallest absolute Gasteiger partial charge is 0.185 e. The van der Waals surface area contributed by atoms with Gasteiger partial charge in [0.15, 0.2) is 6.29 Å². The molecule has 0 spiro atoms. The number of rotatable bonds is 3. The lowest BCUT2D eigenvalue weighted by Crippen LogP contribution is -2.68. The molecule has 2 aliphatic rings. The number of hydrogen-bond acceptors (Lipinski definition) is 9. The zero-order valence-corrected chi connectivity index (χ0v) is 12.8. The Hall–Kier alpha value is -0.360. The summed E-state index contributed by atoms with van der Waals surface area (Å²) in [6.07, 6.45) is -5.32. The van der Waals surface area contributed by atoms with E-state index in [1.807, 2.05) is 0 Å². The first-order valence-corrected chi connectivity index (χ1v) is 7.41. The third kappa shape index (κ3) is 3.28. The second kappa shape index (κ2) is 6.63. The summed E-state index contributed by atoms with van der Waals surface area (Å²) < 4.78 is 11.0. The van der Waals surface area contributed by atoms with Crippen molar-refractivity contribution in [3.05, 3.63) is 0 Å². The van der Waals surface area contributed by atoms with Gasteiger partial charge in [0.05, 0.1) is 18.8 Å². The topological polar surface area (TPSA) is 163 Å². The zero-order chi connectivity index (χ0) is 16.7. The first-order valence-electron chi connectivity index (χ1n) is 7.41. The zero-order valence-electron chi connectivity index (χ0n) is 12.8. The van der Waals surface area contributed by atoms with Crippen LogP contribution in [0.25, 0.3) is 0 Å². The molecule has 9 nitrogen and oxygen atoms in total. The highest BCUT2D eigenvalue weighted by Gasteiger charge is 2.49. The third-order valence-corrected chi connectivity index (χ3v) is 4.52. The van der Waals surface area contributed by atoms with Gasteiger partial charge in [-0.05, 0) is 20.4 Å². The predicted molar refractivity (Wildman–Crippen MR) is 76.7 cm³/mol. The van der Waals surface area contributed by atoms with Gasteiger partial charge in [-0.2, -0.15) is 0 Å². The molecule has 0 radical (unpaired) electrons. The quantitative estimate of drug-likeness (QED) is 0.276. The maximum Gasteiger partial charge on any atom is 0.185 e. The lowest BCUT2D eigenvalue weighted by Gasteiger charge is -2.47. The minimum atomic E-state index is -1.27. The van der Waals surface area contributed by atoms with Crippen LogP contribution < -0.4 is 16.8 Å². The summed E-state index contributed by atoms with van der Waals surface area (Å²) in [6, 6.07) is -1.90. The van der Waals surface area contributed by atoms with Crippen LogP contribution >= 0.6 is 0 Å². The summed E-state index contributed by atoms with van der Waals surface area (Å²) in [7, 11) is 1.61. The van der Waals surface area contributed by atoms with Crippen molar-refractivity contribution in [2.45, 2.75) is 67.8 Å². The van der Waals surface area contributed by atoms with E-state index in [2.05, 4.69) is 5.32 Å². The van der Waals surface area contributed by atoms with Crippen LogP contribution in [0.5, 0.6) is 0 Å². The molecule has 0 aromatic rings. The van der Waals surface area contributed by atoms with E-state index < -0.39 is 54.4 Å². The summed E-state index contributed by atoms with van der Waals surface area (Å²) in [6.45, 7) is 1.48. The third-order valence-electron chi connectivity index (χ3n) is 4.52. The normalized spacial score (nSPS) is 53.5. The molecule has 1 aliphatic carbocycles.